The maximum atomic E-state index is 5.95. The minimum absolute atomic E-state index is 0.590. The molecule has 3 aromatic rings. The third-order valence-corrected chi connectivity index (χ3v) is 5.15. The molecule has 1 N–H and O–H groups in total. The molecule has 1 saturated heterocycles. The summed E-state index contributed by atoms with van der Waals surface area (Å²) in [6, 6.07) is 10.6. The van der Waals surface area contributed by atoms with Gasteiger partial charge < -0.3 is 14.5 Å². The zero-order valence-electron chi connectivity index (χ0n) is 15.1. The highest BCUT2D eigenvalue weighted by molar-refractivity contribution is 5.84. The molecule has 5 nitrogen and oxygen atoms in total. The molecule has 0 bridgehead atoms. The van der Waals surface area contributed by atoms with E-state index in [1.165, 1.54) is 30.3 Å². The minimum Gasteiger partial charge on any atom is -0.456 e. The van der Waals surface area contributed by atoms with E-state index in [4.69, 9.17) is 9.47 Å². The van der Waals surface area contributed by atoms with Crippen molar-refractivity contribution >= 4 is 10.9 Å². The van der Waals surface area contributed by atoms with Crippen LogP contribution in [0.5, 0.6) is 11.5 Å². The van der Waals surface area contributed by atoms with Crippen LogP contribution < -0.4 is 4.74 Å². The predicted molar refractivity (Wildman–Crippen MR) is 103 cm³/mol. The van der Waals surface area contributed by atoms with Crippen LogP contribution >= 0.6 is 0 Å². The van der Waals surface area contributed by atoms with E-state index < -0.39 is 0 Å². The van der Waals surface area contributed by atoms with E-state index in [1.807, 2.05) is 18.2 Å². The van der Waals surface area contributed by atoms with Crippen LogP contribution in [0, 0.1) is 0 Å². The lowest BCUT2D eigenvalue weighted by Gasteiger charge is -2.23. The van der Waals surface area contributed by atoms with Crippen LogP contribution in [0.4, 0.5) is 0 Å². The largest absolute Gasteiger partial charge is 0.456 e. The Morgan fingerprint density at radius 3 is 3.08 bits per heavy atom. The summed E-state index contributed by atoms with van der Waals surface area (Å²) in [5.41, 5.74) is 2.51. The minimum atomic E-state index is 0.590. The lowest BCUT2D eigenvalue weighted by atomic mass is 10.0. The molecule has 136 valence electrons. The second-order valence-corrected chi connectivity index (χ2v) is 6.84. The van der Waals surface area contributed by atoms with E-state index in [0.29, 0.717) is 6.04 Å². The third kappa shape index (κ3) is 3.74. The summed E-state index contributed by atoms with van der Waals surface area (Å²) < 4.78 is 11.2. The summed E-state index contributed by atoms with van der Waals surface area (Å²) in [7, 11) is 1.77. The van der Waals surface area contributed by atoms with E-state index in [2.05, 4.69) is 33.2 Å². The number of aromatic amines is 1. The number of fused-ring (bicyclic) bond motifs is 1. The van der Waals surface area contributed by atoms with Gasteiger partial charge in [0.05, 0.1) is 12.8 Å². The number of hydrogen-bond donors (Lipinski definition) is 1. The molecule has 1 aliphatic rings. The van der Waals surface area contributed by atoms with Gasteiger partial charge in [-0.15, -0.1) is 0 Å². The van der Waals surface area contributed by atoms with Crippen molar-refractivity contribution in [1.82, 2.24) is 14.9 Å². The summed E-state index contributed by atoms with van der Waals surface area (Å²) in [5, 5.41) is 1.24. The van der Waals surface area contributed by atoms with E-state index in [9.17, 15) is 0 Å². The molecule has 26 heavy (non-hydrogen) atoms. The molecule has 1 aromatic carbocycles. The molecule has 0 spiro atoms. The van der Waals surface area contributed by atoms with Crippen molar-refractivity contribution < 1.29 is 9.47 Å². The molecule has 1 atom stereocenters. The second-order valence-electron chi connectivity index (χ2n) is 6.84. The maximum absolute atomic E-state index is 5.95. The monoisotopic (exact) mass is 351 g/mol. The summed E-state index contributed by atoms with van der Waals surface area (Å²) in [6.45, 7) is 2.98. The van der Waals surface area contributed by atoms with E-state index in [1.54, 1.807) is 19.5 Å². The SMILES string of the molecule is COCCN1CCC[C@@H]1Cc1c[nH]c2ccc(Oc3cccnc3)cc12. The smallest absolute Gasteiger partial charge is 0.145 e. The Kier molecular flexibility index (Phi) is 5.18. The molecule has 4 rings (SSSR count). The van der Waals surface area contributed by atoms with Crippen LogP contribution in [0.3, 0.4) is 0 Å². The topological polar surface area (TPSA) is 50.4 Å². The standard InChI is InChI=1S/C21H25N3O2/c1-25-11-10-24-9-3-4-17(24)12-16-14-23-21-7-6-18(13-20(16)21)26-19-5-2-8-22-15-19/h2,5-8,13-15,17,23H,3-4,9-12H2,1H3/t17-/m1/s1. The molecule has 0 saturated carbocycles. The Morgan fingerprint density at radius 1 is 1.27 bits per heavy atom. The summed E-state index contributed by atoms with van der Waals surface area (Å²) >= 11 is 0. The molecule has 2 aromatic heterocycles. The number of H-pyrrole nitrogens is 1. The summed E-state index contributed by atoms with van der Waals surface area (Å²) in [4.78, 5) is 10.1. The highest BCUT2D eigenvalue weighted by Crippen LogP contribution is 2.29. The highest BCUT2D eigenvalue weighted by Gasteiger charge is 2.25. The predicted octanol–water partition coefficient (Wildman–Crippen LogP) is 4.01. The molecule has 0 aliphatic carbocycles. The lowest BCUT2D eigenvalue weighted by molar-refractivity contribution is 0.141. The van der Waals surface area contributed by atoms with Gasteiger partial charge in [0.15, 0.2) is 0 Å². The summed E-state index contributed by atoms with van der Waals surface area (Å²) in [5.74, 6) is 1.60. The number of nitrogens with zero attached hydrogens (tertiary/aromatic N) is 2. The fraction of sp³-hybridized carbons (Fsp3) is 0.381. The molecule has 0 amide bonds. The normalized spacial score (nSPS) is 17.8. The Labute approximate surface area is 153 Å². The maximum Gasteiger partial charge on any atom is 0.145 e. The number of likely N-dealkylation sites (tertiary alicyclic amines) is 1. The van der Waals surface area contributed by atoms with Crippen LogP contribution in [0.15, 0.2) is 48.9 Å². The van der Waals surface area contributed by atoms with E-state index in [0.717, 1.165) is 36.6 Å². The first-order valence-corrected chi connectivity index (χ1v) is 9.24. The van der Waals surface area contributed by atoms with Crippen molar-refractivity contribution in [2.24, 2.45) is 0 Å². The van der Waals surface area contributed by atoms with Gasteiger partial charge in [0.2, 0.25) is 0 Å². The molecular weight excluding hydrogens is 326 g/mol. The van der Waals surface area contributed by atoms with Crippen LogP contribution in [-0.4, -0.2) is 47.7 Å². The van der Waals surface area contributed by atoms with Crippen molar-refractivity contribution in [2.45, 2.75) is 25.3 Å². The third-order valence-electron chi connectivity index (χ3n) is 5.15. The van der Waals surface area contributed by atoms with Gasteiger partial charge in [-0.05, 0) is 61.7 Å². The number of pyridine rings is 1. The fourth-order valence-corrected chi connectivity index (χ4v) is 3.82. The Bertz CT molecular complexity index is 847. The van der Waals surface area contributed by atoms with Gasteiger partial charge in [-0.3, -0.25) is 9.88 Å². The average molecular weight is 351 g/mol. The van der Waals surface area contributed by atoms with Gasteiger partial charge in [-0.25, -0.2) is 0 Å². The molecule has 0 unspecified atom stereocenters. The number of aromatic nitrogens is 2. The van der Waals surface area contributed by atoms with Crippen LogP contribution in [0.2, 0.25) is 0 Å². The van der Waals surface area contributed by atoms with Crippen LogP contribution in [-0.2, 0) is 11.2 Å². The molecule has 0 radical (unpaired) electrons. The number of hydrogen-bond acceptors (Lipinski definition) is 4. The lowest BCUT2D eigenvalue weighted by Crippen LogP contribution is -2.33. The highest BCUT2D eigenvalue weighted by atomic mass is 16.5. The van der Waals surface area contributed by atoms with Crippen molar-refractivity contribution in [2.75, 3.05) is 26.8 Å². The van der Waals surface area contributed by atoms with Crippen molar-refractivity contribution in [3.63, 3.8) is 0 Å². The first kappa shape index (κ1) is 17.1. The molecule has 5 heteroatoms. The Balaban J connectivity index is 1.53. The van der Waals surface area contributed by atoms with Gasteiger partial charge in [0.25, 0.3) is 0 Å². The second kappa shape index (κ2) is 7.89. The van der Waals surface area contributed by atoms with Crippen LogP contribution in [0.25, 0.3) is 10.9 Å². The van der Waals surface area contributed by atoms with Crippen LogP contribution in [0.1, 0.15) is 18.4 Å². The van der Waals surface area contributed by atoms with Crippen molar-refractivity contribution in [3.8, 4) is 11.5 Å². The fourth-order valence-electron chi connectivity index (χ4n) is 3.82. The molecule has 1 fully saturated rings. The van der Waals surface area contributed by atoms with Crippen molar-refractivity contribution in [1.29, 1.82) is 0 Å². The molecule has 1 aliphatic heterocycles. The average Bonchev–Trinajstić information content (AvgIpc) is 3.28. The van der Waals surface area contributed by atoms with Gasteiger partial charge in [-0.2, -0.15) is 0 Å². The number of ether oxygens (including phenoxy) is 2. The quantitative estimate of drug-likeness (QED) is 0.699. The van der Waals surface area contributed by atoms with Crippen molar-refractivity contribution in [3.05, 3.63) is 54.5 Å². The zero-order valence-corrected chi connectivity index (χ0v) is 15.1. The Hall–Kier alpha value is -2.37. The number of rotatable bonds is 7. The first-order valence-electron chi connectivity index (χ1n) is 9.24. The van der Waals surface area contributed by atoms with Gasteiger partial charge in [0, 0.05) is 43.0 Å². The number of methoxy groups -OCH3 is 1. The molecular formula is C21H25N3O2. The van der Waals surface area contributed by atoms with Gasteiger partial charge in [-0.1, -0.05) is 0 Å². The number of benzene rings is 1. The van der Waals surface area contributed by atoms with E-state index >= 15 is 0 Å². The first-order chi connectivity index (χ1) is 12.8. The number of nitrogens with one attached hydrogen (secondary N) is 1. The van der Waals surface area contributed by atoms with Gasteiger partial charge >= 0.3 is 0 Å². The van der Waals surface area contributed by atoms with E-state index in [-0.39, 0.29) is 0 Å². The van der Waals surface area contributed by atoms with Gasteiger partial charge in [0.1, 0.15) is 11.5 Å². The Morgan fingerprint density at radius 2 is 2.23 bits per heavy atom. The zero-order chi connectivity index (χ0) is 17.8. The molecule has 3 heterocycles. The summed E-state index contributed by atoms with van der Waals surface area (Å²) in [6.07, 6.45) is 9.20.